The van der Waals surface area contributed by atoms with Crippen LogP contribution in [-0.4, -0.2) is 54.7 Å². The second-order valence-corrected chi connectivity index (χ2v) is 5.27. The second kappa shape index (κ2) is 10.3. The topological polar surface area (TPSA) is 17.1 Å². The van der Waals surface area contributed by atoms with E-state index >= 15 is 0 Å². The van der Waals surface area contributed by atoms with Gasteiger partial charge in [-0.2, -0.15) is 0 Å². The van der Waals surface area contributed by atoms with Gasteiger partial charge in [0.05, 0.1) is 0 Å². The molecule has 0 atom stereocenters. The van der Waals surface area contributed by atoms with Crippen LogP contribution in [-0.2, 0) is 4.79 Å². The molecule has 0 unspecified atom stereocenters. The molecule has 0 saturated carbocycles. The molecule has 0 aliphatic heterocycles. The Morgan fingerprint density at radius 1 is 1.71 bits per heavy atom. The third-order valence-corrected chi connectivity index (χ3v) is 6.88. The van der Waals surface area contributed by atoms with Gasteiger partial charge in [0.1, 0.15) is 0 Å². The van der Waals surface area contributed by atoms with Crippen LogP contribution >= 0.6 is 0 Å². The van der Waals surface area contributed by atoms with E-state index in [1.54, 1.807) is 0 Å². The van der Waals surface area contributed by atoms with Gasteiger partial charge >= 0.3 is 70.0 Å². The van der Waals surface area contributed by atoms with Gasteiger partial charge in [-0.1, -0.05) is 0 Å². The standard InChI is InChI=1S/C3H8Ge2O.GeH2/c4-1-2-5-3-6;/h3,5H,1-2,4H2;1H2. The van der Waals surface area contributed by atoms with Gasteiger partial charge in [0.15, 0.2) is 0 Å². The zero-order valence-corrected chi connectivity index (χ0v) is 12.7. The van der Waals surface area contributed by atoms with E-state index in [1.807, 2.05) is 0 Å². The van der Waals surface area contributed by atoms with E-state index in [1.165, 1.54) is 27.0 Å². The molecule has 0 fully saturated rings. The molecule has 0 aliphatic carbocycles. The van der Waals surface area contributed by atoms with Crippen molar-refractivity contribution in [2.45, 2.75) is 10.5 Å². The van der Waals surface area contributed by atoms with Gasteiger partial charge in [0.2, 0.25) is 0 Å². The first-order valence-corrected chi connectivity index (χ1v) is 7.19. The molecule has 0 heterocycles. The predicted octanol–water partition coefficient (Wildman–Crippen LogP) is -1.83. The first kappa shape index (κ1) is 11.1. The van der Waals surface area contributed by atoms with Crippen LogP contribution in [0.2, 0.25) is 10.5 Å². The van der Waals surface area contributed by atoms with Crippen molar-refractivity contribution in [1.82, 2.24) is 0 Å². The summed E-state index contributed by atoms with van der Waals surface area (Å²) in [5.74, 6) is 0. The van der Waals surface area contributed by atoms with E-state index in [2.05, 4.69) is 0 Å². The molecule has 0 aromatic heterocycles. The molecule has 40 valence electrons. The number of carbonyl (C=O) groups excluding carboxylic acids is 1. The van der Waals surface area contributed by atoms with Crippen molar-refractivity contribution in [3.63, 3.8) is 0 Å². The van der Waals surface area contributed by atoms with E-state index in [4.69, 9.17) is 0 Å². The van der Waals surface area contributed by atoms with Crippen LogP contribution in [0.15, 0.2) is 0 Å². The van der Waals surface area contributed by atoms with Gasteiger partial charge in [-0.25, -0.2) is 0 Å². The van der Waals surface area contributed by atoms with Crippen molar-refractivity contribution in [2.75, 3.05) is 0 Å². The molecule has 0 amide bonds. The average molecular weight is 280 g/mol. The Labute approximate surface area is 69.7 Å². The molecular formula is C3H10Ge3O. The molecule has 0 bridgehead atoms. The van der Waals surface area contributed by atoms with Crippen LogP contribution in [0.4, 0.5) is 0 Å². The van der Waals surface area contributed by atoms with Crippen LogP contribution < -0.4 is 0 Å². The Morgan fingerprint density at radius 3 is 2.43 bits per heavy atom. The molecule has 4 heteroatoms. The van der Waals surface area contributed by atoms with E-state index < -0.39 is 0 Å². The van der Waals surface area contributed by atoms with Crippen molar-refractivity contribution in [2.24, 2.45) is 0 Å². The molecule has 0 saturated heterocycles. The van der Waals surface area contributed by atoms with E-state index in [9.17, 15) is 4.79 Å². The number of carbonyl (C=O) groups is 1. The quantitative estimate of drug-likeness (QED) is 0.337. The summed E-state index contributed by atoms with van der Waals surface area (Å²) in [5, 5.41) is 3.71. The van der Waals surface area contributed by atoms with Gasteiger partial charge in [0, 0.05) is 0 Å². The van der Waals surface area contributed by atoms with Gasteiger partial charge in [-0.3, -0.25) is 0 Å². The third kappa shape index (κ3) is 11.1. The van der Waals surface area contributed by atoms with E-state index in [0.717, 1.165) is 5.12 Å². The average Bonchev–Trinajstić information content (AvgIpc) is 1.61. The first-order valence-electron chi connectivity index (χ1n) is 1.98. The van der Waals surface area contributed by atoms with Crippen molar-refractivity contribution in [3.8, 4) is 0 Å². The molecule has 7 heavy (non-hydrogen) atoms. The zero-order chi connectivity index (χ0) is 4.83. The number of hydrogen-bond acceptors (Lipinski definition) is 1. The molecule has 0 spiro atoms. The fourth-order valence-corrected chi connectivity index (χ4v) is 3.54. The Balaban J connectivity index is 0. The summed E-state index contributed by atoms with van der Waals surface area (Å²) in [6, 6.07) is 0. The number of hydrogen-bond donors (Lipinski definition) is 0. The van der Waals surface area contributed by atoms with Gasteiger partial charge in [-0.15, -0.1) is 0 Å². The minimum atomic E-state index is -0.352. The molecule has 0 aromatic rings. The summed E-state index contributed by atoms with van der Waals surface area (Å²) < 4.78 is 0. The maximum absolute atomic E-state index is 9.65. The Hall–Kier alpha value is 1.30. The zero-order valence-electron chi connectivity index (χ0n) is 4.39. The number of rotatable bonds is 3. The van der Waals surface area contributed by atoms with Crippen LogP contribution in [0.1, 0.15) is 0 Å². The Morgan fingerprint density at radius 2 is 2.29 bits per heavy atom. The molecule has 0 N–H and O–H groups in total. The minimum absolute atomic E-state index is 0. The molecule has 0 aliphatic rings. The SMILES string of the molecule is O=[CH][GeH][CH2][CH2][GeH2].[GeH2]. The first-order chi connectivity index (χ1) is 2.91. The van der Waals surface area contributed by atoms with Crippen LogP contribution in [0.5, 0.6) is 0 Å². The van der Waals surface area contributed by atoms with Crippen LogP contribution in [0.3, 0.4) is 0 Å². The van der Waals surface area contributed by atoms with Crippen molar-refractivity contribution in [3.05, 3.63) is 0 Å². The molecule has 1 nitrogen and oxygen atoms in total. The summed E-state index contributed by atoms with van der Waals surface area (Å²) in [6.07, 6.45) is 0. The van der Waals surface area contributed by atoms with Crippen LogP contribution in [0.25, 0.3) is 0 Å². The second-order valence-electron chi connectivity index (χ2n) is 1.01. The van der Waals surface area contributed by atoms with Gasteiger partial charge in [-0.05, 0) is 0 Å². The molecular weight excluding hydrogens is 270 g/mol. The predicted molar refractivity (Wildman–Crippen MR) is 40.6 cm³/mol. The van der Waals surface area contributed by atoms with Crippen molar-refractivity contribution >= 4 is 54.7 Å². The van der Waals surface area contributed by atoms with Gasteiger partial charge < -0.3 is 0 Å². The Bertz CT molecular complexity index is 39.2. The Kier molecular flexibility index (Phi) is 16.4. The normalized spacial score (nSPS) is 7.00. The monoisotopic (exact) mass is 284 g/mol. The van der Waals surface area contributed by atoms with Crippen molar-refractivity contribution in [1.29, 1.82) is 0 Å². The third-order valence-electron chi connectivity index (χ3n) is 0.467. The summed E-state index contributed by atoms with van der Waals surface area (Å²) in [5.41, 5.74) is 0. The molecule has 0 rings (SSSR count). The fourth-order valence-electron chi connectivity index (χ4n) is 0.186. The van der Waals surface area contributed by atoms with Crippen molar-refractivity contribution < 1.29 is 4.79 Å². The van der Waals surface area contributed by atoms with E-state index in [0.29, 0.717) is 0 Å². The summed E-state index contributed by atoms with van der Waals surface area (Å²) in [6.45, 7) is 0. The fraction of sp³-hybridized carbons (Fsp3) is 0.667. The molecule has 4 radical (unpaired) electrons. The summed E-state index contributed by atoms with van der Waals surface area (Å²) in [4.78, 5) is 9.65. The maximum atomic E-state index is 9.65. The molecule has 0 aromatic carbocycles. The van der Waals surface area contributed by atoms with E-state index in [-0.39, 0.29) is 33.0 Å². The summed E-state index contributed by atoms with van der Waals surface area (Å²) in [7, 11) is 0. The summed E-state index contributed by atoms with van der Waals surface area (Å²) >= 11 is 1.01. The van der Waals surface area contributed by atoms with Gasteiger partial charge in [0.25, 0.3) is 0 Å². The van der Waals surface area contributed by atoms with Crippen LogP contribution in [0, 0.1) is 0 Å².